The number of ether oxygens (including phenoxy) is 1. The molecular weight excluding hydrogens is 224 g/mol. The van der Waals surface area contributed by atoms with Gasteiger partial charge in [0.15, 0.2) is 0 Å². The number of nitrogen functional groups attached to an aromatic ring is 1. The maximum atomic E-state index is 5.78. The molecule has 0 aliphatic heterocycles. The molecule has 1 heterocycles. The Morgan fingerprint density at radius 1 is 1.25 bits per heavy atom. The number of halogens is 1. The molecule has 1 aromatic carbocycles. The molecular formula is C12H11ClN2O. The fourth-order valence-electron chi connectivity index (χ4n) is 1.28. The lowest BCUT2D eigenvalue weighted by Gasteiger charge is -2.09. The molecule has 0 atom stereocenters. The minimum atomic E-state index is 0.498. The molecule has 0 unspecified atom stereocenters. The van der Waals surface area contributed by atoms with Crippen LogP contribution in [0.2, 0.25) is 5.02 Å². The average molecular weight is 235 g/mol. The van der Waals surface area contributed by atoms with Crippen molar-refractivity contribution in [1.82, 2.24) is 4.98 Å². The van der Waals surface area contributed by atoms with E-state index in [0.717, 1.165) is 5.56 Å². The van der Waals surface area contributed by atoms with Crippen LogP contribution in [0.25, 0.3) is 0 Å². The first-order valence-corrected chi connectivity index (χ1v) is 5.19. The summed E-state index contributed by atoms with van der Waals surface area (Å²) in [4.78, 5) is 4.05. The SMILES string of the molecule is Cc1c(N)cccc1Oc1ccc(Cl)cn1. The number of benzene rings is 1. The zero-order chi connectivity index (χ0) is 11.5. The van der Waals surface area contributed by atoms with Gasteiger partial charge in [-0.25, -0.2) is 4.98 Å². The van der Waals surface area contributed by atoms with E-state index >= 15 is 0 Å². The zero-order valence-electron chi connectivity index (χ0n) is 8.77. The number of anilines is 1. The molecule has 0 saturated carbocycles. The summed E-state index contributed by atoms with van der Waals surface area (Å²) >= 11 is 5.73. The molecule has 2 rings (SSSR count). The molecule has 2 N–H and O–H groups in total. The van der Waals surface area contributed by atoms with Crippen molar-refractivity contribution >= 4 is 17.3 Å². The Morgan fingerprint density at radius 3 is 2.75 bits per heavy atom. The first kappa shape index (κ1) is 10.8. The molecule has 0 aliphatic rings. The summed E-state index contributed by atoms with van der Waals surface area (Å²) in [7, 11) is 0. The molecule has 0 amide bonds. The number of nitrogens with two attached hydrogens (primary N) is 1. The maximum Gasteiger partial charge on any atom is 0.219 e. The second-order valence-corrected chi connectivity index (χ2v) is 3.82. The van der Waals surface area contributed by atoms with Gasteiger partial charge < -0.3 is 10.5 Å². The van der Waals surface area contributed by atoms with Crippen molar-refractivity contribution in [2.75, 3.05) is 5.73 Å². The van der Waals surface area contributed by atoms with Crippen molar-refractivity contribution in [3.8, 4) is 11.6 Å². The third-order valence-electron chi connectivity index (χ3n) is 2.24. The second kappa shape index (κ2) is 4.41. The number of nitrogens with zero attached hydrogens (tertiary/aromatic N) is 1. The van der Waals surface area contributed by atoms with E-state index in [4.69, 9.17) is 22.1 Å². The summed E-state index contributed by atoms with van der Waals surface area (Å²) in [5, 5.41) is 0.580. The predicted octanol–water partition coefficient (Wildman–Crippen LogP) is 3.42. The number of pyridine rings is 1. The van der Waals surface area contributed by atoms with Crippen molar-refractivity contribution in [2.24, 2.45) is 0 Å². The third-order valence-corrected chi connectivity index (χ3v) is 2.46. The molecule has 4 heteroatoms. The van der Waals surface area contributed by atoms with Crippen LogP contribution in [0, 0.1) is 6.92 Å². The monoisotopic (exact) mass is 234 g/mol. The highest BCUT2D eigenvalue weighted by Gasteiger charge is 2.04. The lowest BCUT2D eigenvalue weighted by molar-refractivity contribution is 0.460. The average Bonchev–Trinajstić information content (AvgIpc) is 2.28. The van der Waals surface area contributed by atoms with Crippen molar-refractivity contribution in [1.29, 1.82) is 0 Å². The topological polar surface area (TPSA) is 48.1 Å². The van der Waals surface area contributed by atoms with Gasteiger partial charge in [-0.1, -0.05) is 17.7 Å². The Balaban J connectivity index is 2.27. The van der Waals surface area contributed by atoms with Crippen LogP contribution in [0.5, 0.6) is 11.6 Å². The van der Waals surface area contributed by atoms with Crippen molar-refractivity contribution in [3.63, 3.8) is 0 Å². The van der Waals surface area contributed by atoms with E-state index in [2.05, 4.69) is 4.98 Å². The highest BCUT2D eigenvalue weighted by molar-refractivity contribution is 6.30. The highest BCUT2D eigenvalue weighted by atomic mass is 35.5. The van der Waals surface area contributed by atoms with E-state index in [1.54, 1.807) is 18.3 Å². The van der Waals surface area contributed by atoms with Gasteiger partial charge in [-0.05, 0) is 25.1 Å². The van der Waals surface area contributed by atoms with Gasteiger partial charge in [-0.2, -0.15) is 0 Å². The van der Waals surface area contributed by atoms with Gasteiger partial charge in [-0.15, -0.1) is 0 Å². The zero-order valence-corrected chi connectivity index (χ0v) is 9.53. The Bertz CT molecular complexity index is 497. The maximum absolute atomic E-state index is 5.78. The van der Waals surface area contributed by atoms with Crippen molar-refractivity contribution < 1.29 is 4.74 Å². The summed E-state index contributed by atoms with van der Waals surface area (Å²) in [5.74, 6) is 1.20. The summed E-state index contributed by atoms with van der Waals surface area (Å²) in [5.41, 5.74) is 7.38. The van der Waals surface area contributed by atoms with Crippen LogP contribution in [0.1, 0.15) is 5.56 Å². The highest BCUT2D eigenvalue weighted by Crippen LogP contribution is 2.27. The summed E-state index contributed by atoms with van der Waals surface area (Å²) in [6.45, 7) is 1.90. The van der Waals surface area contributed by atoms with E-state index in [9.17, 15) is 0 Å². The lowest BCUT2D eigenvalue weighted by Crippen LogP contribution is -1.94. The van der Waals surface area contributed by atoms with Gasteiger partial charge in [0, 0.05) is 23.5 Å². The normalized spacial score (nSPS) is 10.1. The number of aromatic nitrogens is 1. The second-order valence-electron chi connectivity index (χ2n) is 3.39. The smallest absolute Gasteiger partial charge is 0.219 e. The number of hydrogen-bond acceptors (Lipinski definition) is 3. The van der Waals surface area contributed by atoms with Crippen LogP contribution >= 0.6 is 11.6 Å². The quantitative estimate of drug-likeness (QED) is 0.810. The van der Waals surface area contributed by atoms with Crippen LogP contribution in [-0.4, -0.2) is 4.98 Å². The van der Waals surface area contributed by atoms with E-state index in [0.29, 0.717) is 22.3 Å². The van der Waals surface area contributed by atoms with Gasteiger partial charge >= 0.3 is 0 Å². The molecule has 2 aromatic rings. The first-order valence-electron chi connectivity index (χ1n) is 4.81. The van der Waals surface area contributed by atoms with E-state index < -0.39 is 0 Å². The number of hydrogen-bond donors (Lipinski definition) is 1. The van der Waals surface area contributed by atoms with E-state index in [1.807, 2.05) is 25.1 Å². The first-order chi connectivity index (χ1) is 7.66. The minimum Gasteiger partial charge on any atom is -0.439 e. The molecule has 0 saturated heterocycles. The van der Waals surface area contributed by atoms with E-state index in [-0.39, 0.29) is 0 Å². The van der Waals surface area contributed by atoms with Gasteiger partial charge in [0.1, 0.15) is 5.75 Å². The Hall–Kier alpha value is -1.74. The van der Waals surface area contributed by atoms with Gasteiger partial charge in [0.25, 0.3) is 0 Å². The fraction of sp³-hybridized carbons (Fsp3) is 0.0833. The van der Waals surface area contributed by atoms with Crippen molar-refractivity contribution in [2.45, 2.75) is 6.92 Å². The molecule has 3 nitrogen and oxygen atoms in total. The van der Waals surface area contributed by atoms with E-state index in [1.165, 1.54) is 0 Å². The van der Waals surface area contributed by atoms with Crippen molar-refractivity contribution in [3.05, 3.63) is 47.1 Å². The molecule has 0 aliphatic carbocycles. The summed E-state index contributed by atoms with van der Waals surface area (Å²) in [6.07, 6.45) is 1.54. The molecule has 0 bridgehead atoms. The van der Waals surface area contributed by atoms with Crippen LogP contribution < -0.4 is 10.5 Å². The predicted molar refractivity (Wildman–Crippen MR) is 64.9 cm³/mol. The van der Waals surface area contributed by atoms with Gasteiger partial charge in [0.2, 0.25) is 5.88 Å². The van der Waals surface area contributed by atoms with Crippen LogP contribution in [0.15, 0.2) is 36.5 Å². The fourth-order valence-corrected chi connectivity index (χ4v) is 1.39. The van der Waals surface area contributed by atoms with Gasteiger partial charge in [-0.3, -0.25) is 0 Å². The molecule has 1 aromatic heterocycles. The third kappa shape index (κ3) is 2.25. The van der Waals surface area contributed by atoms with Crippen LogP contribution in [0.4, 0.5) is 5.69 Å². The number of rotatable bonds is 2. The molecule has 0 radical (unpaired) electrons. The Kier molecular flexibility index (Phi) is 2.97. The Labute approximate surface area is 98.8 Å². The lowest BCUT2D eigenvalue weighted by atomic mass is 10.2. The van der Waals surface area contributed by atoms with Crippen LogP contribution in [-0.2, 0) is 0 Å². The van der Waals surface area contributed by atoms with Crippen LogP contribution in [0.3, 0.4) is 0 Å². The largest absolute Gasteiger partial charge is 0.439 e. The Morgan fingerprint density at radius 2 is 2.06 bits per heavy atom. The molecule has 0 spiro atoms. The summed E-state index contributed by atoms with van der Waals surface area (Å²) in [6, 6.07) is 8.96. The molecule has 82 valence electrons. The standard InChI is InChI=1S/C12H11ClN2O/c1-8-10(14)3-2-4-11(8)16-12-6-5-9(13)7-15-12/h2-7H,14H2,1H3. The molecule has 16 heavy (non-hydrogen) atoms. The van der Waals surface area contributed by atoms with Gasteiger partial charge in [0.05, 0.1) is 5.02 Å². The summed E-state index contributed by atoms with van der Waals surface area (Å²) < 4.78 is 5.60. The molecule has 0 fully saturated rings. The minimum absolute atomic E-state index is 0.498.